The maximum Gasteiger partial charge on any atom is 0.317 e. The maximum absolute atomic E-state index is 13.2. The number of aromatic nitrogens is 4. The molecule has 9 heteroatoms. The Bertz CT molecular complexity index is 1070. The van der Waals surface area contributed by atoms with Gasteiger partial charge in [0.1, 0.15) is 5.82 Å². The lowest BCUT2D eigenvalue weighted by molar-refractivity contribution is 0.188. The van der Waals surface area contributed by atoms with Crippen molar-refractivity contribution in [3.05, 3.63) is 41.3 Å². The minimum absolute atomic E-state index is 0.0279. The molecule has 2 amide bonds. The van der Waals surface area contributed by atoms with Crippen molar-refractivity contribution in [3.63, 3.8) is 0 Å². The largest absolute Gasteiger partial charge is 0.335 e. The molecule has 2 aromatic heterocycles. The summed E-state index contributed by atoms with van der Waals surface area (Å²) in [5, 5.41) is 11.8. The Hall–Kier alpha value is -3.23. The molecule has 5 rings (SSSR count). The number of fused-ring (bicyclic) bond motifs is 1. The van der Waals surface area contributed by atoms with Crippen LogP contribution in [0.3, 0.4) is 0 Å². The van der Waals surface area contributed by atoms with E-state index in [4.69, 9.17) is 4.52 Å². The Balaban J connectivity index is 1.39. The van der Waals surface area contributed by atoms with Crippen molar-refractivity contribution in [2.75, 3.05) is 6.54 Å². The van der Waals surface area contributed by atoms with Crippen molar-refractivity contribution in [1.82, 2.24) is 30.1 Å². The van der Waals surface area contributed by atoms with Crippen LogP contribution in [0.25, 0.3) is 23.0 Å². The van der Waals surface area contributed by atoms with Crippen molar-refractivity contribution in [2.24, 2.45) is 7.05 Å². The van der Waals surface area contributed by atoms with E-state index in [2.05, 4.69) is 20.6 Å². The van der Waals surface area contributed by atoms with E-state index in [1.807, 2.05) is 16.6 Å². The fourth-order valence-corrected chi connectivity index (χ4v) is 4.31. The molecule has 2 aliphatic rings. The number of rotatable bonds is 3. The molecule has 1 aliphatic carbocycles. The zero-order valence-electron chi connectivity index (χ0n) is 16.8. The predicted molar refractivity (Wildman–Crippen MR) is 107 cm³/mol. The van der Waals surface area contributed by atoms with Crippen LogP contribution in [-0.4, -0.2) is 43.4 Å². The average molecular weight is 410 g/mol. The van der Waals surface area contributed by atoms with Gasteiger partial charge in [0.2, 0.25) is 5.82 Å². The molecule has 0 unspecified atom stereocenters. The van der Waals surface area contributed by atoms with E-state index in [0.29, 0.717) is 36.1 Å². The van der Waals surface area contributed by atoms with Gasteiger partial charge in [-0.15, -0.1) is 0 Å². The first kappa shape index (κ1) is 18.8. The molecule has 3 aromatic rings. The first-order valence-corrected chi connectivity index (χ1v) is 10.3. The molecule has 30 heavy (non-hydrogen) atoms. The Morgan fingerprint density at radius 3 is 2.77 bits per heavy atom. The Kier molecular flexibility index (Phi) is 4.72. The molecule has 1 aromatic carbocycles. The zero-order valence-corrected chi connectivity index (χ0v) is 16.8. The molecule has 8 nitrogen and oxygen atoms in total. The number of benzene rings is 1. The van der Waals surface area contributed by atoms with Crippen LogP contribution in [0.15, 0.2) is 28.8 Å². The first-order valence-electron chi connectivity index (χ1n) is 10.3. The van der Waals surface area contributed by atoms with E-state index in [0.717, 1.165) is 30.5 Å². The highest BCUT2D eigenvalue weighted by atomic mass is 19.1. The molecule has 156 valence electrons. The fourth-order valence-electron chi connectivity index (χ4n) is 4.31. The summed E-state index contributed by atoms with van der Waals surface area (Å²) < 4.78 is 20.5. The van der Waals surface area contributed by atoms with Crippen LogP contribution in [0.5, 0.6) is 0 Å². The number of hydrogen-bond acceptors (Lipinski definition) is 5. The molecular formula is C21H23FN6O2. The van der Waals surface area contributed by atoms with Gasteiger partial charge in [0.25, 0.3) is 5.89 Å². The smallest absolute Gasteiger partial charge is 0.317 e. The van der Waals surface area contributed by atoms with Gasteiger partial charge in [0.15, 0.2) is 5.69 Å². The van der Waals surface area contributed by atoms with Gasteiger partial charge < -0.3 is 14.7 Å². The van der Waals surface area contributed by atoms with Crippen LogP contribution in [0.1, 0.15) is 36.9 Å². The van der Waals surface area contributed by atoms with E-state index < -0.39 is 0 Å². The predicted octanol–water partition coefficient (Wildman–Crippen LogP) is 3.29. The van der Waals surface area contributed by atoms with Gasteiger partial charge in [-0.25, -0.2) is 9.18 Å². The topological polar surface area (TPSA) is 89.1 Å². The quantitative estimate of drug-likeness (QED) is 0.716. The second-order valence-electron chi connectivity index (χ2n) is 7.93. The molecule has 0 spiro atoms. The van der Waals surface area contributed by atoms with Gasteiger partial charge in [-0.3, -0.25) is 4.68 Å². The number of nitrogens with zero attached hydrogens (tertiary/aromatic N) is 5. The standard InChI is InChI=1S/C21H23FN6O2/c1-27-17-10-11-28(21(29)23-15-4-2-3-5-15)12-16(17)18(25-27)20-24-19(26-30-20)13-6-8-14(22)9-7-13/h6-9,15H,2-5,10-12H2,1H3,(H,23,29). The number of halogens is 1. The molecule has 0 saturated heterocycles. The third-order valence-electron chi connectivity index (χ3n) is 5.94. The molecule has 3 heterocycles. The minimum Gasteiger partial charge on any atom is -0.335 e. The van der Waals surface area contributed by atoms with Crippen molar-refractivity contribution in [3.8, 4) is 23.0 Å². The zero-order chi connectivity index (χ0) is 20.7. The van der Waals surface area contributed by atoms with Crippen LogP contribution in [0.2, 0.25) is 0 Å². The van der Waals surface area contributed by atoms with Crippen LogP contribution < -0.4 is 5.32 Å². The number of nitrogens with one attached hydrogen (secondary N) is 1. The molecular weight excluding hydrogens is 387 g/mol. The van der Waals surface area contributed by atoms with Crippen LogP contribution in [0, 0.1) is 5.82 Å². The lowest BCUT2D eigenvalue weighted by atomic mass is 10.1. The van der Waals surface area contributed by atoms with E-state index in [1.165, 1.54) is 25.0 Å². The van der Waals surface area contributed by atoms with E-state index in [-0.39, 0.29) is 17.9 Å². The summed E-state index contributed by atoms with van der Waals surface area (Å²) >= 11 is 0. The molecule has 1 aliphatic heterocycles. The van der Waals surface area contributed by atoms with E-state index in [1.54, 1.807) is 12.1 Å². The van der Waals surface area contributed by atoms with Crippen molar-refractivity contribution in [1.29, 1.82) is 0 Å². The summed E-state index contributed by atoms with van der Waals surface area (Å²) in [5.74, 6) is 0.345. The van der Waals surface area contributed by atoms with Crippen LogP contribution in [-0.2, 0) is 20.0 Å². The molecule has 0 radical (unpaired) electrons. The lowest BCUT2D eigenvalue weighted by Gasteiger charge is -2.29. The van der Waals surface area contributed by atoms with Crippen molar-refractivity contribution >= 4 is 6.03 Å². The second-order valence-corrected chi connectivity index (χ2v) is 7.93. The van der Waals surface area contributed by atoms with Crippen LogP contribution >= 0.6 is 0 Å². The number of aryl methyl sites for hydroxylation is 1. The summed E-state index contributed by atoms with van der Waals surface area (Å²) in [5.41, 5.74) is 3.25. The monoisotopic (exact) mass is 410 g/mol. The molecule has 1 saturated carbocycles. The summed E-state index contributed by atoms with van der Waals surface area (Å²) in [6.07, 6.45) is 5.18. The van der Waals surface area contributed by atoms with Gasteiger partial charge >= 0.3 is 6.03 Å². The normalized spacial score (nSPS) is 16.7. The number of urea groups is 1. The summed E-state index contributed by atoms with van der Waals surface area (Å²) in [6, 6.07) is 6.17. The van der Waals surface area contributed by atoms with Crippen molar-refractivity contribution < 1.29 is 13.7 Å². The molecule has 1 fully saturated rings. The number of amides is 2. The summed E-state index contributed by atoms with van der Waals surface area (Å²) in [4.78, 5) is 19.0. The highest BCUT2D eigenvalue weighted by molar-refractivity contribution is 5.75. The minimum atomic E-state index is -0.322. The highest BCUT2D eigenvalue weighted by Crippen LogP contribution is 2.30. The summed E-state index contributed by atoms with van der Waals surface area (Å²) in [6.45, 7) is 1.10. The molecule has 1 N–H and O–H groups in total. The van der Waals surface area contributed by atoms with E-state index in [9.17, 15) is 9.18 Å². The van der Waals surface area contributed by atoms with Gasteiger partial charge in [0, 0.05) is 42.9 Å². The average Bonchev–Trinajstić information content (AvgIpc) is 3.49. The van der Waals surface area contributed by atoms with E-state index >= 15 is 0 Å². The third kappa shape index (κ3) is 3.44. The van der Waals surface area contributed by atoms with Gasteiger partial charge in [-0.1, -0.05) is 18.0 Å². The third-order valence-corrected chi connectivity index (χ3v) is 5.94. The Labute approximate surface area is 173 Å². The van der Waals surface area contributed by atoms with Crippen LogP contribution in [0.4, 0.5) is 9.18 Å². The number of hydrogen-bond donors (Lipinski definition) is 1. The first-order chi connectivity index (χ1) is 14.6. The number of carbonyl (C=O) groups is 1. The lowest BCUT2D eigenvalue weighted by Crippen LogP contribution is -2.46. The highest BCUT2D eigenvalue weighted by Gasteiger charge is 2.30. The fraction of sp³-hybridized carbons (Fsp3) is 0.429. The Morgan fingerprint density at radius 1 is 1.23 bits per heavy atom. The summed E-state index contributed by atoms with van der Waals surface area (Å²) in [7, 11) is 1.88. The van der Waals surface area contributed by atoms with Gasteiger partial charge in [0.05, 0.1) is 6.54 Å². The van der Waals surface area contributed by atoms with Gasteiger partial charge in [-0.05, 0) is 37.1 Å². The maximum atomic E-state index is 13.2. The number of carbonyl (C=O) groups excluding carboxylic acids is 1. The van der Waals surface area contributed by atoms with Gasteiger partial charge in [-0.2, -0.15) is 10.1 Å². The van der Waals surface area contributed by atoms with Crippen molar-refractivity contribution in [2.45, 2.75) is 44.7 Å². The Morgan fingerprint density at radius 2 is 2.00 bits per heavy atom. The molecule has 0 atom stereocenters. The molecule has 0 bridgehead atoms. The second kappa shape index (κ2) is 7.55. The SMILES string of the molecule is Cn1nc(-c2nc(-c3ccc(F)cc3)no2)c2c1CCN(C(=O)NC1CCCC1)C2.